The third-order valence-corrected chi connectivity index (χ3v) is 6.54. The molecule has 0 N–H and O–H groups in total. The quantitative estimate of drug-likeness (QED) is 0.423. The maximum absolute atomic E-state index is 13.9. The Morgan fingerprint density at radius 1 is 1.12 bits per heavy atom. The van der Waals surface area contributed by atoms with Crippen molar-refractivity contribution in [3.05, 3.63) is 64.4 Å². The number of ether oxygens (including phenoxy) is 1. The molecule has 1 aliphatic rings. The lowest BCUT2D eigenvalue weighted by molar-refractivity contribution is -0.133. The lowest BCUT2D eigenvalue weighted by Crippen LogP contribution is -2.31. The summed E-state index contributed by atoms with van der Waals surface area (Å²) in [5.74, 6) is -1.39. The van der Waals surface area contributed by atoms with Crippen LogP contribution in [0.4, 0.5) is 4.39 Å². The van der Waals surface area contributed by atoms with E-state index in [1.54, 1.807) is 30.3 Å². The number of halogens is 2. The van der Waals surface area contributed by atoms with Crippen molar-refractivity contribution in [2.45, 2.75) is 24.3 Å². The molecule has 1 fully saturated rings. The molecule has 0 aromatic heterocycles. The van der Waals surface area contributed by atoms with E-state index < -0.39 is 24.3 Å². The van der Waals surface area contributed by atoms with Crippen molar-refractivity contribution >= 4 is 41.1 Å². The third kappa shape index (κ3) is 6.23. The Morgan fingerprint density at radius 3 is 2.56 bits per heavy atom. The Hall–Kier alpha value is -2.58. The molecule has 6 nitrogen and oxygen atoms in total. The van der Waals surface area contributed by atoms with Crippen molar-refractivity contribution < 1.29 is 23.5 Å². The summed E-state index contributed by atoms with van der Waals surface area (Å²) < 4.78 is 19.1. The van der Waals surface area contributed by atoms with Crippen LogP contribution in [0, 0.1) is 5.82 Å². The van der Waals surface area contributed by atoms with Crippen LogP contribution in [0.2, 0.25) is 5.02 Å². The molecule has 0 saturated carbocycles. The van der Waals surface area contributed by atoms with Gasteiger partial charge in [-0.15, -0.1) is 11.8 Å². The van der Waals surface area contributed by atoms with Crippen LogP contribution in [-0.2, 0) is 20.9 Å². The molecular weight excluding hydrogens is 455 g/mol. The van der Waals surface area contributed by atoms with Gasteiger partial charge in [-0.25, -0.2) is 9.18 Å². The van der Waals surface area contributed by atoms with Gasteiger partial charge in [-0.3, -0.25) is 9.59 Å². The number of likely N-dealkylation sites (N-methyl/N-ethyl adjacent to an activating group) is 1. The molecule has 1 saturated heterocycles. The zero-order valence-electron chi connectivity index (χ0n) is 17.7. The third-order valence-electron chi connectivity index (χ3n) is 5.13. The van der Waals surface area contributed by atoms with E-state index in [-0.39, 0.29) is 28.8 Å². The first-order chi connectivity index (χ1) is 15.4. The van der Waals surface area contributed by atoms with Gasteiger partial charge in [0.15, 0.2) is 6.61 Å². The fraction of sp³-hybridized carbons (Fsp3) is 0.348. The molecule has 0 atom stereocenters. The fourth-order valence-corrected chi connectivity index (χ4v) is 4.45. The van der Waals surface area contributed by atoms with E-state index >= 15 is 0 Å². The molecule has 2 aromatic rings. The molecule has 3 rings (SSSR count). The minimum absolute atomic E-state index is 0.0410. The van der Waals surface area contributed by atoms with Crippen LogP contribution >= 0.6 is 23.4 Å². The zero-order valence-corrected chi connectivity index (χ0v) is 19.3. The van der Waals surface area contributed by atoms with Crippen LogP contribution in [0.25, 0.3) is 0 Å². The largest absolute Gasteiger partial charge is 0.452 e. The summed E-state index contributed by atoms with van der Waals surface area (Å²) in [6.07, 6.45) is 2.04. The molecule has 0 unspecified atom stereocenters. The second-order valence-corrected chi connectivity index (χ2v) is 8.82. The summed E-state index contributed by atoms with van der Waals surface area (Å²) in [7, 11) is 1.48. The molecule has 0 radical (unpaired) electrons. The number of hydrogen-bond donors (Lipinski definition) is 0. The molecule has 9 heteroatoms. The van der Waals surface area contributed by atoms with Crippen molar-refractivity contribution in [3.63, 3.8) is 0 Å². The van der Waals surface area contributed by atoms with Gasteiger partial charge in [0.1, 0.15) is 5.82 Å². The van der Waals surface area contributed by atoms with Gasteiger partial charge < -0.3 is 14.5 Å². The molecule has 2 amide bonds. The van der Waals surface area contributed by atoms with E-state index in [2.05, 4.69) is 0 Å². The first kappa shape index (κ1) is 24.1. The van der Waals surface area contributed by atoms with E-state index in [1.165, 1.54) is 35.8 Å². The number of hydrogen-bond acceptors (Lipinski definition) is 5. The maximum Gasteiger partial charge on any atom is 0.339 e. The number of amides is 2. The Kier molecular flexibility index (Phi) is 8.53. The van der Waals surface area contributed by atoms with Gasteiger partial charge in [-0.2, -0.15) is 0 Å². The molecule has 0 spiro atoms. The highest BCUT2D eigenvalue weighted by molar-refractivity contribution is 8.00. The number of rotatable bonds is 8. The minimum Gasteiger partial charge on any atom is -0.452 e. The van der Waals surface area contributed by atoms with Gasteiger partial charge >= 0.3 is 5.97 Å². The molecule has 1 aliphatic heterocycles. The highest BCUT2D eigenvalue weighted by Gasteiger charge is 2.21. The predicted octanol–water partition coefficient (Wildman–Crippen LogP) is 4.01. The normalized spacial score (nSPS) is 13.2. The minimum atomic E-state index is -0.660. The SMILES string of the molecule is CN(Cc1c(F)cccc1Cl)C(=O)COC(=O)c1ccccc1SCC(=O)N1CCCC1. The van der Waals surface area contributed by atoms with Crippen LogP contribution in [0.5, 0.6) is 0 Å². The second kappa shape index (κ2) is 11.3. The topological polar surface area (TPSA) is 66.9 Å². The van der Waals surface area contributed by atoms with Crippen LogP contribution in [-0.4, -0.2) is 60.1 Å². The lowest BCUT2D eigenvalue weighted by Gasteiger charge is -2.18. The van der Waals surface area contributed by atoms with E-state index in [0.717, 1.165) is 25.9 Å². The van der Waals surface area contributed by atoms with Crippen LogP contribution in [0.15, 0.2) is 47.4 Å². The number of thioether (sulfide) groups is 1. The van der Waals surface area contributed by atoms with Crippen molar-refractivity contribution in [2.24, 2.45) is 0 Å². The van der Waals surface area contributed by atoms with Crippen molar-refractivity contribution in [2.75, 3.05) is 32.5 Å². The smallest absolute Gasteiger partial charge is 0.339 e. The van der Waals surface area contributed by atoms with Gasteiger partial charge in [0.05, 0.1) is 11.3 Å². The zero-order chi connectivity index (χ0) is 23.1. The number of carbonyl (C=O) groups is 3. The lowest BCUT2D eigenvalue weighted by atomic mass is 10.2. The van der Waals surface area contributed by atoms with Gasteiger partial charge in [-0.1, -0.05) is 29.8 Å². The molecule has 32 heavy (non-hydrogen) atoms. The van der Waals surface area contributed by atoms with Gasteiger partial charge in [0.2, 0.25) is 5.91 Å². The number of likely N-dealkylation sites (tertiary alicyclic amines) is 1. The highest BCUT2D eigenvalue weighted by Crippen LogP contribution is 2.25. The fourth-order valence-electron chi connectivity index (χ4n) is 3.28. The van der Waals surface area contributed by atoms with E-state index in [9.17, 15) is 18.8 Å². The summed E-state index contributed by atoms with van der Waals surface area (Å²) in [6, 6.07) is 11.1. The van der Waals surface area contributed by atoms with Gasteiger partial charge in [-0.05, 0) is 37.1 Å². The maximum atomic E-state index is 13.9. The molecular formula is C23H24ClFN2O4S. The molecule has 0 aliphatic carbocycles. The molecule has 2 aromatic carbocycles. The first-order valence-electron chi connectivity index (χ1n) is 10.2. The van der Waals surface area contributed by atoms with Crippen LogP contribution < -0.4 is 0 Å². The molecule has 0 bridgehead atoms. The predicted molar refractivity (Wildman–Crippen MR) is 121 cm³/mol. The summed E-state index contributed by atoms with van der Waals surface area (Å²) in [6.45, 7) is 1.01. The van der Waals surface area contributed by atoms with Crippen LogP contribution in [0.3, 0.4) is 0 Å². The van der Waals surface area contributed by atoms with Crippen molar-refractivity contribution in [1.82, 2.24) is 9.80 Å². The van der Waals surface area contributed by atoms with Gasteiger partial charge in [0.25, 0.3) is 5.91 Å². The molecule has 1 heterocycles. The Bertz CT molecular complexity index is 977. The van der Waals surface area contributed by atoms with E-state index in [4.69, 9.17) is 16.3 Å². The number of benzene rings is 2. The summed E-state index contributed by atoms with van der Waals surface area (Å²) >= 11 is 7.28. The number of nitrogens with zero attached hydrogens (tertiary/aromatic N) is 2. The standard InChI is InChI=1S/C23H24ClFN2O4S/c1-26(13-17-18(24)8-6-9-19(17)25)21(28)14-31-23(30)16-7-2-3-10-20(16)32-15-22(29)27-11-4-5-12-27/h2-3,6-10H,4-5,11-15H2,1H3. The Labute approximate surface area is 195 Å². The summed E-state index contributed by atoms with van der Waals surface area (Å²) in [4.78, 5) is 40.9. The Morgan fingerprint density at radius 2 is 1.84 bits per heavy atom. The number of esters is 1. The Balaban J connectivity index is 1.55. The highest BCUT2D eigenvalue weighted by atomic mass is 35.5. The second-order valence-electron chi connectivity index (χ2n) is 7.40. The average molecular weight is 479 g/mol. The molecule has 170 valence electrons. The van der Waals surface area contributed by atoms with Crippen molar-refractivity contribution in [3.8, 4) is 0 Å². The number of carbonyl (C=O) groups excluding carboxylic acids is 3. The van der Waals surface area contributed by atoms with E-state index in [1.807, 2.05) is 4.90 Å². The summed E-state index contributed by atoms with van der Waals surface area (Å²) in [5, 5.41) is 0.219. The van der Waals surface area contributed by atoms with Crippen molar-refractivity contribution in [1.29, 1.82) is 0 Å². The monoisotopic (exact) mass is 478 g/mol. The van der Waals surface area contributed by atoms with E-state index in [0.29, 0.717) is 10.5 Å². The first-order valence-corrected chi connectivity index (χ1v) is 11.6. The average Bonchev–Trinajstić information content (AvgIpc) is 3.33. The summed E-state index contributed by atoms with van der Waals surface area (Å²) in [5.41, 5.74) is 0.486. The van der Waals surface area contributed by atoms with Crippen LogP contribution in [0.1, 0.15) is 28.8 Å². The van der Waals surface area contributed by atoms with Gasteiger partial charge in [0, 0.05) is 42.2 Å².